The average molecular weight is 284 g/mol. The van der Waals surface area contributed by atoms with Crippen LogP contribution < -0.4 is 0 Å². The van der Waals surface area contributed by atoms with Gasteiger partial charge in [0.25, 0.3) is 0 Å². The smallest absolute Gasteiger partial charge is 0.167 e. The van der Waals surface area contributed by atoms with E-state index in [9.17, 15) is 0 Å². The summed E-state index contributed by atoms with van der Waals surface area (Å²) in [5.74, 6) is 0.767. The minimum atomic E-state index is 0.135. The average Bonchev–Trinajstić information content (AvgIpc) is 2.67. The second-order valence-corrected chi connectivity index (χ2v) is 5.07. The van der Waals surface area contributed by atoms with Gasteiger partial charge in [0.15, 0.2) is 5.58 Å². The quantitative estimate of drug-likeness (QED) is 0.683. The lowest BCUT2D eigenvalue weighted by molar-refractivity contribution is 0.303. The highest BCUT2D eigenvalue weighted by Crippen LogP contribution is 2.33. The molecule has 0 unspecified atom stereocenters. The number of hydrogen-bond acceptors (Lipinski definition) is 4. The molecule has 2 aromatic heterocycles. The first-order chi connectivity index (χ1) is 8.67. The van der Waals surface area contributed by atoms with E-state index in [-0.39, 0.29) is 6.61 Å². The summed E-state index contributed by atoms with van der Waals surface area (Å²) in [6, 6.07) is 1.80. The maximum absolute atomic E-state index is 8.76. The van der Waals surface area contributed by atoms with Crippen molar-refractivity contribution in [3.8, 4) is 0 Å². The van der Waals surface area contributed by atoms with Crippen LogP contribution in [0.15, 0.2) is 21.5 Å². The second kappa shape index (κ2) is 5.78. The van der Waals surface area contributed by atoms with Gasteiger partial charge < -0.3 is 9.52 Å². The minimum absolute atomic E-state index is 0.135. The molecule has 5 heteroatoms. The summed E-state index contributed by atoms with van der Waals surface area (Å²) in [6.07, 6.45) is 6.33. The van der Waals surface area contributed by atoms with Crippen LogP contribution in [-0.4, -0.2) is 23.0 Å². The normalized spacial score (nSPS) is 11.8. The molecule has 2 rings (SSSR count). The van der Waals surface area contributed by atoms with Crippen molar-refractivity contribution in [3.05, 3.63) is 28.6 Å². The van der Waals surface area contributed by atoms with E-state index in [4.69, 9.17) is 21.1 Å². The number of pyridine rings is 1. The Bertz CT molecular complexity index is 592. The van der Waals surface area contributed by atoms with Crippen molar-refractivity contribution in [1.29, 1.82) is 0 Å². The third-order valence-corrected chi connectivity index (χ3v) is 3.57. The van der Waals surface area contributed by atoms with Crippen LogP contribution in [0.3, 0.4) is 0 Å². The number of aliphatic hydroxyl groups excluding tert-OH is 1. The number of aromatic nitrogens is 1. The van der Waals surface area contributed by atoms with Crippen molar-refractivity contribution < 1.29 is 9.52 Å². The molecule has 3 nitrogen and oxygen atoms in total. The highest BCUT2D eigenvalue weighted by atomic mass is 35.5. The number of aliphatic hydroxyl groups is 1. The Morgan fingerprint density at radius 1 is 1.56 bits per heavy atom. The molecule has 1 N–H and O–H groups in total. The maximum Gasteiger partial charge on any atom is 0.167 e. The lowest BCUT2D eigenvalue weighted by Gasteiger charge is -1.97. The van der Waals surface area contributed by atoms with Gasteiger partial charge in [-0.25, -0.2) is 4.98 Å². The molecule has 0 fully saturated rings. The van der Waals surface area contributed by atoms with Crippen molar-refractivity contribution in [2.45, 2.75) is 18.2 Å². The van der Waals surface area contributed by atoms with E-state index >= 15 is 0 Å². The van der Waals surface area contributed by atoms with Gasteiger partial charge in [-0.1, -0.05) is 17.7 Å². The topological polar surface area (TPSA) is 46.3 Å². The Balaban J connectivity index is 2.55. The zero-order valence-electron chi connectivity index (χ0n) is 10.2. The van der Waals surface area contributed by atoms with Crippen molar-refractivity contribution in [3.63, 3.8) is 0 Å². The predicted molar refractivity (Wildman–Crippen MR) is 76.3 cm³/mol. The van der Waals surface area contributed by atoms with E-state index in [2.05, 4.69) is 4.98 Å². The van der Waals surface area contributed by atoms with Gasteiger partial charge in [0.2, 0.25) is 0 Å². The molecule has 0 aliphatic heterocycles. The Hall–Kier alpha value is -0.970. The number of halogens is 1. The van der Waals surface area contributed by atoms with Gasteiger partial charge >= 0.3 is 0 Å². The monoisotopic (exact) mass is 283 g/mol. The summed E-state index contributed by atoms with van der Waals surface area (Å²) in [6.45, 7) is 2.09. The molecule has 2 aromatic rings. The highest BCUT2D eigenvalue weighted by molar-refractivity contribution is 7.98. The fraction of sp³-hybridized carbons (Fsp3) is 0.308. The van der Waals surface area contributed by atoms with Crippen LogP contribution in [-0.2, 0) is 0 Å². The largest absolute Gasteiger partial charge is 0.454 e. The molecule has 2 heterocycles. The Morgan fingerprint density at radius 3 is 3.00 bits per heavy atom. The molecule has 0 saturated heterocycles. The molecule has 0 aliphatic carbocycles. The summed E-state index contributed by atoms with van der Waals surface area (Å²) in [5, 5.41) is 9.23. The van der Waals surface area contributed by atoms with Gasteiger partial charge in [-0.2, -0.15) is 0 Å². The molecule has 0 atom stereocenters. The minimum Gasteiger partial charge on any atom is -0.454 e. The Kier molecular flexibility index (Phi) is 4.32. The number of furan rings is 1. The number of aryl methyl sites for hydroxylation is 1. The van der Waals surface area contributed by atoms with Crippen LogP contribution >= 0.6 is 23.4 Å². The fourth-order valence-corrected chi connectivity index (χ4v) is 2.52. The number of nitrogens with zero attached hydrogens (tertiary/aromatic N) is 1. The molecule has 0 bridgehead atoms. The second-order valence-electron chi connectivity index (χ2n) is 3.83. The molecule has 0 spiro atoms. The fourth-order valence-electron chi connectivity index (χ4n) is 1.71. The van der Waals surface area contributed by atoms with Gasteiger partial charge in [-0.3, -0.25) is 0 Å². The first-order valence-corrected chi connectivity index (χ1v) is 7.18. The zero-order valence-corrected chi connectivity index (χ0v) is 11.8. The van der Waals surface area contributed by atoms with Crippen LogP contribution in [0.2, 0.25) is 5.15 Å². The van der Waals surface area contributed by atoms with Crippen molar-refractivity contribution >= 4 is 40.5 Å². The third kappa shape index (κ3) is 2.55. The molecule has 0 saturated carbocycles. The van der Waals surface area contributed by atoms with Crippen LogP contribution in [0, 0.1) is 6.92 Å². The molecule has 0 aliphatic rings. The summed E-state index contributed by atoms with van der Waals surface area (Å²) >= 11 is 7.57. The Morgan fingerprint density at radius 2 is 2.33 bits per heavy atom. The van der Waals surface area contributed by atoms with Crippen molar-refractivity contribution in [2.75, 3.05) is 12.9 Å². The van der Waals surface area contributed by atoms with Crippen LogP contribution in [0.1, 0.15) is 17.7 Å². The molecular weight excluding hydrogens is 270 g/mol. The predicted octanol–water partition coefficient (Wildman–Crippen LogP) is 3.91. The van der Waals surface area contributed by atoms with Gasteiger partial charge in [-0.05, 0) is 31.7 Å². The van der Waals surface area contributed by atoms with Crippen molar-refractivity contribution in [2.24, 2.45) is 0 Å². The molecular formula is C13H14ClNO2S. The number of rotatable bonds is 4. The third-order valence-electron chi connectivity index (χ3n) is 2.63. The van der Waals surface area contributed by atoms with Crippen LogP contribution in [0.5, 0.6) is 0 Å². The van der Waals surface area contributed by atoms with Gasteiger partial charge in [0, 0.05) is 12.2 Å². The van der Waals surface area contributed by atoms with Gasteiger partial charge in [0.05, 0.1) is 4.90 Å². The first kappa shape index (κ1) is 13.5. The molecule has 0 aromatic carbocycles. The zero-order chi connectivity index (χ0) is 13.1. The van der Waals surface area contributed by atoms with Crippen LogP contribution in [0.25, 0.3) is 17.2 Å². The van der Waals surface area contributed by atoms with E-state index in [0.29, 0.717) is 11.6 Å². The van der Waals surface area contributed by atoms with E-state index in [1.54, 1.807) is 17.8 Å². The molecule has 0 radical (unpaired) electrons. The van der Waals surface area contributed by atoms with E-state index in [1.807, 2.05) is 25.3 Å². The summed E-state index contributed by atoms with van der Waals surface area (Å²) in [7, 11) is 0. The standard InChI is InChI=1S/C13H14ClNO2S/c1-8-9(5-3-4-6-16)17-13-10(18-2)7-11(14)15-12(8)13/h3,5,7,16H,4,6H2,1-2H3/b5-3-. The SMILES string of the molecule is CSc1cc(Cl)nc2c(C)c(/C=C\CCO)oc12. The number of hydrogen-bond donors (Lipinski definition) is 1. The summed E-state index contributed by atoms with van der Waals surface area (Å²) in [5.41, 5.74) is 2.54. The summed E-state index contributed by atoms with van der Waals surface area (Å²) in [4.78, 5) is 5.29. The number of thioether (sulfide) groups is 1. The molecule has 96 valence electrons. The molecule has 0 amide bonds. The first-order valence-electron chi connectivity index (χ1n) is 5.58. The Labute approximate surface area is 115 Å². The number of fused-ring (bicyclic) bond motifs is 1. The van der Waals surface area contributed by atoms with Crippen molar-refractivity contribution in [1.82, 2.24) is 4.98 Å². The van der Waals surface area contributed by atoms with Gasteiger partial charge in [-0.15, -0.1) is 11.8 Å². The highest BCUT2D eigenvalue weighted by Gasteiger charge is 2.14. The van der Waals surface area contributed by atoms with E-state index in [0.717, 1.165) is 27.3 Å². The lowest BCUT2D eigenvalue weighted by Crippen LogP contribution is -1.81. The van der Waals surface area contributed by atoms with E-state index < -0.39 is 0 Å². The summed E-state index contributed by atoms with van der Waals surface area (Å²) < 4.78 is 5.81. The van der Waals surface area contributed by atoms with Crippen LogP contribution in [0.4, 0.5) is 0 Å². The van der Waals surface area contributed by atoms with E-state index in [1.165, 1.54) is 0 Å². The lowest BCUT2D eigenvalue weighted by atomic mass is 10.2. The van der Waals surface area contributed by atoms with Gasteiger partial charge in [0.1, 0.15) is 16.4 Å². The molecule has 18 heavy (non-hydrogen) atoms. The maximum atomic E-state index is 8.76.